The van der Waals surface area contributed by atoms with E-state index in [1.54, 1.807) is 25.4 Å². The lowest BCUT2D eigenvalue weighted by atomic mass is 10.1. The number of benzene rings is 2. The molecule has 0 bridgehead atoms. The van der Waals surface area contributed by atoms with Gasteiger partial charge in [0.2, 0.25) is 0 Å². The van der Waals surface area contributed by atoms with E-state index in [0.717, 1.165) is 35.3 Å². The highest BCUT2D eigenvalue weighted by Gasteiger charge is 2.25. The fraction of sp³-hybridized carbons (Fsp3) is 0.185. The highest BCUT2D eigenvalue weighted by atomic mass is 16.5. The van der Waals surface area contributed by atoms with Gasteiger partial charge in [-0.15, -0.1) is 0 Å². The van der Waals surface area contributed by atoms with Crippen molar-refractivity contribution in [2.75, 3.05) is 7.11 Å². The molecule has 35 heavy (non-hydrogen) atoms. The lowest BCUT2D eigenvalue weighted by molar-refractivity contribution is 0.0936. The van der Waals surface area contributed by atoms with Gasteiger partial charge in [0, 0.05) is 12.4 Å². The number of fused-ring (bicyclic) bond motifs is 1. The normalized spacial score (nSPS) is 14.2. The van der Waals surface area contributed by atoms with Crippen molar-refractivity contribution >= 4 is 5.91 Å². The van der Waals surface area contributed by atoms with Crippen molar-refractivity contribution in [3.05, 3.63) is 99.6 Å². The molecule has 0 saturated carbocycles. The molecule has 1 unspecified atom stereocenters. The minimum atomic E-state index is -0.251. The number of carbonyl (C=O) groups excluding carboxylic acids is 1. The summed E-state index contributed by atoms with van der Waals surface area (Å²) in [5.41, 5.74) is 4.59. The molecule has 2 heterocycles. The molecule has 0 radical (unpaired) electrons. The molecule has 0 spiro atoms. The first-order valence-corrected chi connectivity index (χ1v) is 11.3. The number of nitriles is 1. The molecule has 2 aromatic heterocycles. The SMILES string of the molecule is COc1ccc2c(c1)C(NC(=O)c1ccc(-n3[nH]cc(-c4ccc(CC#N)cc4)c3=O)nc1)CC2. The second kappa shape index (κ2) is 9.31. The van der Waals surface area contributed by atoms with Crippen molar-refractivity contribution in [1.29, 1.82) is 5.26 Å². The van der Waals surface area contributed by atoms with Crippen molar-refractivity contribution in [1.82, 2.24) is 20.1 Å². The van der Waals surface area contributed by atoms with Gasteiger partial charge in [-0.3, -0.25) is 14.7 Å². The summed E-state index contributed by atoms with van der Waals surface area (Å²) in [5.74, 6) is 0.932. The molecule has 1 amide bonds. The van der Waals surface area contributed by atoms with Crippen LogP contribution in [0.15, 0.2) is 71.8 Å². The van der Waals surface area contributed by atoms with E-state index in [1.807, 2.05) is 42.5 Å². The third kappa shape index (κ3) is 4.32. The fourth-order valence-electron chi connectivity index (χ4n) is 4.39. The van der Waals surface area contributed by atoms with E-state index in [2.05, 4.69) is 21.5 Å². The van der Waals surface area contributed by atoms with Crippen LogP contribution in [0.5, 0.6) is 5.75 Å². The van der Waals surface area contributed by atoms with Crippen molar-refractivity contribution in [3.8, 4) is 28.8 Å². The summed E-state index contributed by atoms with van der Waals surface area (Å²) >= 11 is 0. The van der Waals surface area contributed by atoms with E-state index in [4.69, 9.17) is 10.00 Å². The molecule has 4 aromatic rings. The number of rotatable bonds is 6. The van der Waals surface area contributed by atoms with Crippen molar-refractivity contribution in [2.45, 2.75) is 25.3 Å². The highest BCUT2D eigenvalue weighted by molar-refractivity contribution is 5.94. The van der Waals surface area contributed by atoms with Gasteiger partial charge in [0.25, 0.3) is 11.5 Å². The molecule has 5 rings (SSSR count). The number of nitrogens with one attached hydrogen (secondary N) is 2. The van der Waals surface area contributed by atoms with E-state index >= 15 is 0 Å². The topological polar surface area (TPSA) is 113 Å². The largest absolute Gasteiger partial charge is 0.497 e. The van der Waals surface area contributed by atoms with Gasteiger partial charge in [-0.2, -0.15) is 5.26 Å². The molecule has 0 fully saturated rings. The van der Waals surface area contributed by atoms with Crippen molar-refractivity contribution in [3.63, 3.8) is 0 Å². The summed E-state index contributed by atoms with van der Waals surface area (Å²) in [7, 11) is 1.63. The van der Waals surface area contributed by atoms with Crippen LogP contribution in [-0.4, -0.2) is 27.8 Å². The Labute approximate surface area is 201 Å². The zero-order valence-corrected chi connectivity index (χ0v) is 19.1. The summed E-state index contributed by atoms with van der Waals surface area (Å²) in [5, 5.41) is 14.8. The summed E-state index contributed by atoms with van der Waals surface area (Å²) in [4.78, 5) is 30.1. The number of pyridine rings is 1. The number of aromatic nitrogens is 3. The number of ether oxygens (including phenoxy) is 1. The zero-order valence-electron chi connectivity index (χ0n) is 19.1. The quantitative estimate of drug-likeness (QED) is 0.451. The van der Waals surface area contributed by atoms with Gasteiger partial charge in [-0.05, 0) is 59.4 Å². The summed E-state index contributed by atoms with van der Waals surface area (Å²) in [6.07, 6.45) is 5.15. The fourth-order valence-corrected chi connectivity index (χ4v) is 4.39. The number of hydrogen-bond donors (Lipinski definition) is 2. The average Bonchev–Trinajstić information content (AvgIpc) is 3.47. The van der Waals surface area contributed by atoms with E-state index < -0.39 is 0 Å². The molecular weight excluding hydrogens is 442 g/mol. The van der Waals surface area contributed by atoms with Crippen LogP contribution in [0.25, 0.3) is 16.9 Å². The maximum atomic E-state index is 12.9. The van der Waals surface area contributed by atoms with E-state index in [1.165, 1.54) is 16.4 Å². The second-order valence-corrected chi connectivity index (χ2v) is 8.39. The van der Waals surface area contributed by atoms with Crippen LogP contribution in [0, 0.1) is 11.3 Å². The van der Waals surface area contributed by atoms with Crippen molar-refractivity contribution in [2.24, 2.45) is 0 Å². The zero-order chi connectivity index (χ0) is 24.4. The lowest BCUT2D eigenvalue weighted by Gasteiger charge is -2.15. The Morgan fingerprint density at radius 1 is 1.23 bits per heavy atom. The molecule has 174 valence electrons. The van der Waals surface area contributed by atoms with Gasteiger partial charge in [-0.25, -0.2) is 9.67 Å². The Balaban J connectivity index is 1.32. The molecule has 1 aliphatic carbocycles. The molecule has 8 nitrogen and oxygen atoms in total. The molecular formula is C27H23N5O3. The first-order valence-electron chi connectivity index (χ1n) is 11.3. The minimum Gasteiger partial charge on any atom is -0.497 e. The number of H-pyrrole nitrogens is 1. The smallest absolute Gasteiger partial charge is 0.280 e. The van der Waals surface area contributed by atoms with Gasteiger partial charge >= 0.3 is 0 Å². The standard InChI is InChI=1S/C27H23N5O3/c1-35-21-9-6-18-7-10-24(22(18)14-21)31-26(33)20-8-11-25(29-15-20)32-27(34)23(16-30-32)19-4-2-17(3-5-19)12-13-28/h2-6,8-9,11,14-16,24,30H,7,10,12H2,1H3,(H,31,33). The van der Waals surface area contributed by atoms with Crippen LogP contribution >= 0.6 is 0 Å². The minimum absolute atomic E-state index is 0.0830. The maximum Gasteiger partial charge on any atom is 0.280 e. The Kier molecular flexibility index (Phi) is 5.90. The van der Waals surface area contributed by atoms with Crippen LogP contribution < -0.4 is 15.6 Å². The lowest BCUT2D eigenvalue weighted by Crippen LogP contribution is -2.27. The molecule has 0 saturated heterocycles. The van der Waals surface area contributed by atoms with E-state index in [-0.39, 0.29) is 17.5 Å². The van der Waals surface area contributed by atoms with Gasteiger partial charge in [0.05, 0.1) is 36.8 Å². The molecule has 2 N–H and O–H groups in total. The van der Waals surface area contributed by atoms with Gasteiger partial charge < -0.3 is 10.1 Å². The molecule has 8 heteroatoms. The van der Waals surface area contributed by atoms with Gasteiger partial charge in [-0.1, -0.05) is 30.3 Å². The predicted octanol–water partition coefficient (Wildman–Crippen LogP) is 3.72. The number of methoxy groups -OCH3 is 1. The second-order valence-electron chi connectivity index (χ2n) is 8.39. The third-order valence-electron chi connectivity index (χ3n) is 6.29. The highest BCUT2D eigenvalue weighted by Crippen LogP contribution is 2.34. The van der Waals surface area contributed by atoms with E-state index in [0.29, 0.717) is 23.4 Å². The average molecular weight is 466 g/mol. The number of aryl methyl sites for hydroxylation is 1. The first kappa shape index (κ1) is 22.2. The predicted molar refractivity (Wildman–Crippen MR) is 130 cm³/mol. The number of hydrogen-bond acceptors (Lipinski definition) is 5. The summed E-state index contributed by atoms with van der Waals surface area (Å²) < 4.78 is 6.66. The van der Waals surface area contributed by atoms with Crippen LogP contribution in [-0.2, 0) is 12.8 Å². The number of amides is 1. The summed E-state index contributed by atoms with van der Waals surface area (Å²) in [6.45, 7) is 0. The third-order valence-corrected chi connectivity index (χ3v) is 6.29. The van der Waals surface area contributed by atoms with Crippen molar-refractivity contribution < 1.29 is 9.53 Å². The van der Waals surface area contributed by atoms with Crippen LogP contribution in [0.3, 0.4) is 0 Å². The number of nitrogens with zero attached hydrogens (tertiary/aromatic N) is 3. The number of carbonyl (C=O) groups is 1. The first-order chi connectivity index (χ1) is 17.1. The Bertz CT molecular complexity index is 1480. The molecule has 2 aromatic carbocycles. The Hall–Kier alpha value is -4.64. The van der Waals surface area contributed by atoms with E-state index in [9.17, 15) is 9.59 Å². The molecule has 1 aliphatic rings. The van der Waals surface area contributed by atoms with Crippen LogP contribution in [0.4, 0.5) is 0 Å². The Morgan fingerprint density at radius 2 is 2.06 bits per heavy atom. The molecule has 1 atom stereocenters. The van der Waals surface area contributed by atoms with Crippen LogP contribution in [0.2, 0.25) is 0 Å². The maximum absolute atomic E-state index is 12.9. The summed E-state index contributed by atoms with van der Waals surface area (Å²) in [6, 6.07) is 18.6. The monoisotopic (exact) mass is 465 g/mol. The van der Waals surface area contributed by atoms with Gasteiger partial charge in [0.1, 0.15) is 5.75 Å². The number of aromatic amines is 1. The van der Waals surface area contributed by atoms with Crippen LogP contribution in [0.1, 0.15) is 39.5 Å². The molecule has 0 aliphatic heterocycles. The van der Waals surface area contributed by atoms with Gasteiger partial charge in [0.15, 0.2) is 5.82 Å². The Morgan fingerprint density at radius 3 is 2.77 bits per heavy atom.